The van der Waals surface area contributed by atoms with Crippen LogP contribution in [0.4, 0.5) is 11.6 Å². The van der Waals surface area contributed by atoms with Crippen molar-refractivity contribution in [2.45, 2.75) is 37.2 Å². The normalized spacial score (nSPS) is 17.0. The molecule has 0 bridgehead atoms. The SMILES string of the molecule is Cc1nc(NCCc2ccc(S(N)(=O)=O)cc2)cc(NCC2CCCO2)n1. The molecule has 3 rings (SSSR count). The van der Waals surface area contributed by atoms with E-state index in [4.69, 9.17) is 9.88 Å². The number of nitrogens with two attached hydrogens (primary N) is 1. The Kier molecular flexibility index (Phi) is 6.25. The highest BCUT2D eigenvalue weighted by Crippen LogP contribution is 2.15. The molecule has 9 heteroatoms. The molecule has 1 fully saturated rings. The zero-order chi connectivity index (χ0) is 19.3. The summed E-state index contributed by atoms with van der Waals surface area (Å²) in [6.07, 6.45) is 3.16. The summed E-state index contributed by atoms with van der Waals surface area (Å²) in [5.41, 5.74) is 1.01. The second-order valence-corrected chi connectivity index (χ2v) is 8.13. The maximum Gasteiger partial charge on any atom is 0.238 e. The van der Waals surface area contributed by atoms with Crippen LogP contribution in [0, 0.1) is 6.92 Å². The number of primary sulfonamides is 1. The predicted molar refractivity (Wildman–Crippen MR) is 104 cm³/mol. The van der Waals surface area contributed by atoms with Crippen LogP contribution in [0.3, 0.4) is 0 Å². The maximum absolute atomic E-state index is 11.3. The molecule has 1 aromatic carbocycles. The molecule has 27 heavy (non-hydrogen) atoms. The first kappa shape index (κ1) is 19.5. The molecule has 0 spiro atoms. The molecular weight excluding hydrogens is 366 g/mol. The van der Waals surface area contributed by atoms with E-state index in [0.717, 1.165) is 49.6 Å². The Bertz CT molecular complexity index is 865. The first-order chi connectivity index (χ1) is 12.9. The van der Waals surface area contributed by atoms with Gasteiger partial charge in [0.1, 0.15) is 17.5 Å². The summed E-state index contributed by atoms with van der Waals surface area (Å²) in [5.74, 6) is 2.21. The van der Waals surface area contributed by atoms with Gasteiger partial charge in [0.05, 0.1) is 11.0 Å². The Hall–Kier alpha value is -2.23. The summed E-state index contributed by atoms with van der Waals surface area (Å²) in [4.78, 5) is 8.93. The number of aromatic nitrogens is 2. The van der Waals surface area contributed by atoms with Gasteiger partial charge in [0, 0.05) is 25.8 Å². The molecule has 1 atom stereocenters. The smallest absolute Gasteiger partial charge is 0.238 e. The standard InChI is InChI=1S/C18H25N5O3S/c1-13-22-17(11-18(23-13)21-12-15-3-2-10-26-15)20-9-8-14-4-6-16(7-5-14)27(19,24)25/h4-7,11,15H,2-3,8-10,12H2,1H3,(H2,19,24,25)(H2,20,21,22,23). The van der Waals surface area contributed by atoms with Gasteiger partial charge in [-0.05, 0) is 43.9 Å². The number of sulfonamides is 1. The fraction of sp³-hybridized carbons (Fsp3) is 0.444. The summed E-state index contributed by atoms with van der Waals surface area (Å²) >= 11 is 0. The Morgan fingerprint density at radius 2 is 1.89 bits per heavy atom. The molecule has 0 radical (unpaired) electrons. The van der Waals surface area contributed by atoms with Crippen molar-refractivity contribution in [3.63, 3.8) is 0 Å². The monoisotopic (exact) mass is 391 g/mol. The zero-order valence-corrected chi connectivity index (χ0v) is 16.1. The van der Waals surface area contributed by atoms with E-state index in [-0.39, 0.29) is 11.0 Å². The summed E-state index contributed by atoms with van der Waals surface area (Å²) in [6, 6.07) is 8.45. The van der Waals surface area contributed by atoms with Gasteiger partial charge in [-0.3, -0.25) is 0 Å². The van der Waals surface area contributed by atoms with Gasteiger partial charge >= 0.3 is 0 Å². The summed E-state index contributed by atoms with van der Waals surface area (Å²) in [5, 5.41) is 11.7. The summed E-state index contributed by atoms with van der Waals surface area (Å²) < 4.78 is 28.2. The van der Waals surface area contributed by atoms with Crippen molar-refractivity contribution < 1.29 is 13.2 Å². The highest BCUT2D eigenvalue weighted by atomic mass is 32.2. The topological polar surface area (TPSA) is 119 Å². The summed E-state index contributed by atoms with van der Waals surface area (Å²) in [6.45, 7) is 4.09. The van der Waals surface area contributed by atoms with Crippen molar-refractivity contribution in [3.8, 4) is 0 Å². The van der Waals surface area contributed by atoms with Crippen LogP contribution in [0.2, 0.25) is 0 Å². The van der Waals surface area contributed by atoms with Gasteiger partial charge in [-0.2, -0.15) is 0 Å². The van der Waals surface area contributed by atoms with Crippen LogP contribution in [-0.4, -0.2) is 44.2 Å². The Morgan fingerprint density at radius 1 is 1.19 bits per heavy atom. The number of anilines is 2. The van der Waals surface area contributed by atoms with Gasteiger partial charge in [0.2, 0.25) is 10.0 Å². The highest BCUT2D eigenvalue weighted by Gasteiger charge is 2.15. The van der Waals surface area contributed by atoms with Crippen LogP contribution < -0.4 is 15.8 Å². The fourth-order valence-corrected chi connectivity index (χ4v) is 3.47. The third-order valence-electron chi connectivity index (χ3n) is 4.34. The molecule has 1 aromatic heterocycles. The average molecular weight is 391 g/mol. The van der Waals surface area contributed by atoms with E-state index in [2.05, 4.69) is 20.6 Å². The Labute approximate surface area is 159 Å². The molecule has 1 aliphatic rings. The number of nitrogens with one attached hydrogen (secondary N) is 2. The molecule has 8 nitrogen and oxygen atoms in total. The molecule has 1 unspecified atom stereocenters. The van der Waals surface area contributed by atoms with Gasteiger partial charge in [0.15, 0.2) is 0 Å². The molecular formula is C18H25N5O3S. The molecule has 2 heterocycles. The first-order valence-corrected chi connectivity index (χ1v) is 10.5. The third kappa shape index (κ3) is 5.88. The van der Waals surface area contributed by atoms with Gasteiger partial charge in [-0.15, -0.1) is 0 Å². The van der Waals surface area contributed by atoms with Crippen LogP contribution in [-0.2, 0) is 21.2 Å². The van der Waals surface area contributed by atoms with Gasteiger partial charge in [-0.1, -0.05) is 12.1 Å². The van der Waals surface area contributed by atoms with Crippen LogP contribution in [0.1, 0.15) is 24.2 Å². The molecule has 1 aliphatic heterocycles. The van der Waals surface area contributed by atoms with Crippen molar-refractivity contribution in [3.05, 3.63) is 41.7 Å². The van der Waals surface area contributed by atoms with Crippen molar-refractivity contribution in [2.24, 2.45) is 5.14 Å². The third-order valence-corrected chi connectivity index (χ3v) is 5.27. The number of ether oxygens (including phenoxy) is 1. The van der Waals surface area contributed by atoms with Gasteiger partial charge in [-0.25, -0.2) is 23.5 Å². The lowest BCUT2D eigenvalue weighted by atomic mass is 10.1. The Morgan fingerprint density at radius 3 is 2.52 bits per heavy atom. The molecule has 2 aromatic rings. The van der Waals surface area contributed by atoms with E-state index in [1.807, 2.05) is 13.0 Å². The van der Waals surface area contributed by atoms with E-state index in [1.54, 1.807) is 12.1 Å². The first-order valence-electron chi connectivity index (χ1n) is 8.97. The zero-order valence-electron chi connectivity index (χ0n) is 15.3. The number of aryl methyl sites for hydroxylation is 1. The van der Waals surface area contributed by atoms with Crippen molar-refractivity contribution >= 4 is 21.7 Å². The van der Waals surface area contributed by atoms with Crippen molar-refractivity contribution in [1.82, 2.24) is 9.97 Å². The number of rotatable bonds is 8. The minimum Gasteiger partial charge on any atom is -0.376 e. The second kappa shape index (κ2) is 8.64. The quantitative estimate of drug-likeness (QED) is 0.626. The van der Waals surface area contributed by atoms with Crippen LogP contribution >= 0.6 is 0 Å². The van der Waals surface area contributed by atoms with Gasteiger partial charge < -0.3 is 15.4 Å². The van der Waals surface area contributed by atoms with Gasteiger partial charge in [0.25, 0.3) is 0 Å². The van der Waals surface area contributed by atoms with Crippen molar-refractivity contribution in [1.29, 1.82) is 0 Å². The number of nitrogens with zero attached hydrogens (tertiary/aromatic N) is 2. The van der Waals surface area contributed by atoms with E-state index < -0.39 is 10.0 Å². The van der Waals surface area contributed by atoms with Crippen LogP contribution in [0.15, 0.2) is 35.2 Å². The van der Waals surface area contributed by atoms with E-state index >= 15 is 0 Å². The lowest BCUT2D eigenvalue weighted by molar-refractivity contribution is 0.120. The predicted octanol–water partition coefficient (Wildman–Crippen LogP) is 1.68. The number of hydrogen-bond donors (Lipinski definition) is 3. The molecule has 1 saturated heterocycles. The van der Waals surface area contributed by atoms with Crippen molar-refractivity contribution in [2.75, 3.05) is 30.3 Å². The lowest BCUT2D eigenvalue weighted by Crippen LogP contribution is -2.19. The molecule has 146 valence electrons. The molecule has 0 amide bonds. The molecule has 4 N–H and O–H groups in total. The lowest BCUT2D eigenvalue weighted by Gasteiger charge is -2.13. The average Bonchev–Trinajstić information content (AvgIpc) is 3.13. The molecule has 0 saturated carbocycles. The largest absolute Gasteiger partial charge is 0.376 e. The van der Waals surface area contributed by atoms with E-state index in [9.17, 15) is 8.42 Å². The maximum atomic E-state index is 11.3. The Balaban J connectivity index is 1.52. The summed E-state index contributed by atoms with van der Waals surface area (Å²) in [7, 11) is -3.65. The fourth-order valence-electron chi connectivity index (χ4n) is 2.95. The van der Waals surface area contributed by atoms with E-state index in [0.29, 0.717) is 12.4 Å². The van der Waals surface area contributed by atoms with E-state index in [1.165, 1.54) is 12.1 Å². The van der Waals surface area contributed by atoms with Crippen LogP contribution in [0.5, 0.6) is 0 Å². The highest BCUT2D eigenvalue weighted by molar-refractivity contribution is 7.89. The minimum absolute atomic E-state index is 0.118. The number of benzene rings is 1. The van der Waals surface area contributed by atoms with Crippen LogP contribution in [0.25, 0.3) is 0 Å². The molecule has 0 aliphatic carbocycles. The number of hydrogen-bond acceptors (Lipinski definition) is 7. The minimum atomic E-state index is -3.65. The second-order valence-electron chi connectivity index (χ2n) is 6.57.